The maximum absolute atomic E-state index is 14.2. The van der Waals surface area contributed by atoms with E-state index in [1.54, 1.807) is 0 Å². The third-order valence-electron chi connectivity index (χ3n) is 4.57. The summed E-state index contributed by atoms with van der Waals surface area (Å²) in [5.74, 6) is -0.991. The zero-order valence-electron chi connectivity index (χ0n) is 14.1. The Balaban J connectivity index is 2.11. The lowest BCUT2D eigenvalue weighted by Gasteiger charge is -2.24. The van der Waals surface area contributed by atoms with Crippen molar-refractivity contribution in [3.63, 3.8) is 0 Å². The Labute approximate surface area is 148 Å². The summed E-state index contributed by atoms with van der Waals surface area (Å²) >= 11 is 0. The van der Waals surface area contributed by atoms with Crippen molar-refractivity contribution >= 4 is 9.84 Å². The smallest absolute Gasteiger partial charge is 0.261 e. The van der Waals surface area contributed by atoms with Gasteiger partial charge in [0.2, 0.25) is 0 Å². The minimum absolute atomic E-state index is 0.142. The third kappa shape index (κ3) is 3.77. The van der Waals surface area contributed by atoms with Gasteiger partial charge in [-0.15, -0.1) is 0 Å². The Morgan fingerprint density at radius 2 is 1.77 bits per heavy atom. The van der Waals surface area contributed by atoms with E-state index in [1.165, 1.54) is 10.7 Å². The molecule has 1 saturated carbocycles. The first-order valence-electron chi connectivity index (χ1n) is 8.24. The van der Waals surface area contributed by atoms with Crippen LogP contribution in [0.2, 0.25) is 0 Å². The van der Waals surface area contributed by atoms with E-state index in [1.807, 2.05) is 0 Å². The fraction of sp³-hybridized carbons (Fsp3) is 0.471. The number of sulfone groups is 1. The molecule has 142 valence electrons. The van der Waals surface area contributed by atoms with Gasteiger partial charge in [-0.05, 0) is 31.0 Å². The Morgan fingerprint density at radius 3 is 2.31 bits per heavy atom. The van der Waals surface area contributed by atoms with Crippen LogP contribution in [0.5, 0.6) is 0 Å². The highest BCUT2D eigenvalue weighted by Crippen LogP contribution is 2.37. The molecule has 4 nitrogen and oxygen atoms in total. The molecule has 0 saturated heterocycles. The van der Waals surface area contributed by atoms with Gasteiger partial charge in [0.1, 0.15) is 10.7 Å². The highest BCUT2D eigenvalue weighted by Gasteiger charge is 2.36. The molecule has 1 heterocycles. The molecule has 1 aliphatic carbocycles. The lowest BCUT2D eigenvalue weighted by molar-refractivity contribution is -0.141. The first kappa shape index (κ1) is 18.9. The van der Waals surface area contributed by atoms with Crippen molar-refractivity contribution in [2.24, 2.45) is 0 Å². The van der Waals surface area contributed by atoms with Crippen LogP contribution in [0.1, 0.15) is 43.8 Å². The van der Waals surface area contributed by atoms with Crippen molar-refractivity contribution in [2.75, 3.05) is 6.26 Å². The monoisotopic (exact) mass is 390 g/mol. The molecular weight excluding hydrogens is 372 g/mol. The minimum atomic E-state index is -4.61. The number of hydrogen-bond acceptors (Lipinski definition) is 3. The molecule has 1 fully saturated rings. The number of alkyl halides is 3. The Morgan fingerprint density at radius 1 is 1.12 bits per heavy atom. The molecule has 0 N–H and O–H groups in total. The molecule has 1 aromatic heterocycles. The van der Waals surface area contributed by atoms with Crippen LogP contribution in [-0.2, 0) is 16.0 Å². The van der Waals surface area contributed by atoms with Gasteiger partial charge in [0, 0.05) is 11.8 Å². The van der Waals surface area contributed by atoms with E-state index < -0.39 is 32.4 Å². The van der Waals surface area contributed by atoms with Gasteiger partial charge in [-0.3, -0.25) is 4.68 Å². The van der Waals surface area contributed by atoms with E-state index in [-0.39, 0.29) is 17.3 Å². The Bertz CT molecular complexity index is 913. The summed E-state index contributed by atoms with van der Waals surface area (Å²) < 4.78 is 78.0. The summed E-state index contributed by atoms with van der Waals surface area (Å²) in [6, 6.07) is 4.05. The van der Waals surface area contributed by atoms with Crippen LogP contribution in [0.15, 0.2) is 29.2 Å². The van der Waals surface area contributed by atoms with Gasteiger partial charge in [0.25, 0.3) is 0 Å². The molecule has 26 heavy (non-hydrogen) atoms. The molecule has 0 unspecified atom stereocenters. The molecule has 0 atom stereocenters. The third-order valence-corrected chi connectivity index (χ3v) is 5.70. The normalized spacial score (nSPS) is 16.8. The summed E-state index contributed by atoms with van der Waals surface area (Å²) in [5, 5.41) is 3.73. The maximum Gasteiger partial charge on any atom is 0.435 e. The van der Waals surface area contributed by atoms with Gasteiger partial charge in [0.05, 0.1) is 11.7 Å². The van der Waals surface area contributed by atoms with Gasteiger partial charge in [0.15, 0.2) is 15.5 Å². The van der Waals surface area contributed by atoms with Crippen LogP contribution in [0.25, 0.3) is 11.3 Å². The topological polar surface area (TPSA) is 52.0 Å². The van der Waals surface area contributed by atoms with Gasteiger partial charge in [-0.25, -0.2) is 12.8 Å². The molecule has 1 aliphatic rings. The molecule has 3 rings (SSSR count). The predicted octanol–water partition coefficient (Wildman–Crippen LogP) is 4.62. The van der Waals surface area contributed by atoms with Crippen molar-refractivity contribution in [2.45, 2.75) is 49.2 Å². The van der Waals surface area contributed by atoms with Crippen LogP contribution in [0.3, 0.4) is 0 Å². The first-order valence-corrected chi connectivity index (χ1v) is 10.1. The number of aromatic nitrogens is 2. The zero-order valence-corrected chi connectivity index (χ0v) is 14.9. The standard InChI is InChI=1S/C17H18F4N2O2S/c1-26(24,25)15-8-7-11(9-13(15)18)14-10-16(17(19,20)21)22-23(14)12-5-3-2-4-6-12/h7-10,12H,2-6H2,1H3. The molecule has 0 radical (unpaired) electrons. The summed E-state index contributed by atoms with van der Waals surface area (Å²) in [6.07, 6.45) is 0.487. The lowest BCUT2D eigenvalue weighted by Crippen LogP contribution is -2.16. The van der Waals surface area contributed by atoms with Gasteiger partial charge in [-0.1, -0.05) is 25.3 Å². The molecule has 0 aliphatic heterocycles. The summed E-state index contributed by atoms with van der Waals surface area (Å²) in [7, 11) is -3.76. The van der Waals surface area contributed by atoms with E-state index in [2.05, 4.69) is 5.10 Å². The minimum Gasteiger partial charge on any atom is -0.261 e. The molecule has 2 aromatic rings. The first-order chi connectivity index (χ1) is 12.1. The van der Waals surface area contributed by atoms with Crippen LogP contribution in [0, 0.1) is 5.82 Å². The van der Waals surface area contributed by atoms with Gasteiger partial charge < -0.3 is 0 Å². The van der Waals surface area contributed by atoms with Crippen molar-refractivity contribution in [3.05, 3.63) is 35.8 Å². The van der Waals surface area contributed by atoms with Crippen LogP contribution in [-0.4, -0.2) is 24.5 Å². The van der Waals surface area contributed by atoms with Gasteiger partial charge in [-0.2, -0.15) is 18.3 Å². The molecule has 1 aromatic carbocycles. The summed E-state index contributed by atoms with van der Waals surface area (Å²) in [5.41, 5.74) is -0.725. The van der Waals surface area contributed by atoms with Crippen molar-refractivity contribution in [1.29, 1.82) is 0 Å². The van der Waals surface area contributed by atoms with E-state index in [4.69, 9.17) is 0 Å². The van der Waals surface area contributed by atoms with Crippen molar-refractivity contribution in [3.8, 4) is 11.3 Å². The number of benzene rings is 1. The maximum atomic E-state index is 14.2. The Hall–Kier alpha value is -1.90. The molecule has 0 bridgehead atoms. The van der Waals surface area contributed by atoms with E-state index in [9.17, 15) is 26.0 Å². The molecular formula is C17H18F4N2O2S. The highest BCUT2D eigenvalue weighted by molar-refractivity contribution is 7.90. The van der Waals surface area contributed by atoms with Crippen LogP contribution >= 0.6 is 0 Å². The second kappa shape index (κ2) is 6.68. The van der Waals surface area contributed by atoms with Crippen molar-refractivity contribution < 1.29 is 26.0 Å². The predicted molar refractivity (Wildman–Crippen MR) is 87.9 cm³/mol. The number of nitrogens with zero attached hydrogens (tertiary/aromatic N) is 2. The summed E-state index contributed by atoms with van der Waals surface area (Å²) in [4.78, 5) is -0.485. The SMILES string of the molecule is CS(=O)(=O)c1ccc(-c2cc(C(F)(F)F)nn2C2CCCCC2)cc1F. The van der Waals surface area contributed by atoms with E-state index in [0.717, 1.165) is 43.7 Å². The zero-order chi connectivity index (χ0) is 19.1. The van der Waals surface area contributed by atoms with E-state index >= 15 is 0 Å². The van der Waals surface area contributed by atoms with Gasteiger partial charge >= 0.3 is 6.18 Å². The van der Waals surface area contributed by atoms with Crippen LogP contribution in [0.4, 0.5) is 17.6 Å². The van der Waals surface area contributed by atoms with E-state index in [0.29, 0.717) is 12.8 Å². The highest BCUT2D eigenvalue weighted by atomic mass is 32.2. The second-order valence-electron chi connectivity index (χ2n) is 6.57. The number of rotatable bonds is 3. The van der Waals surface area contributed by atoms with Crippen LogP contribution < -0.4 is 0 Å². The number of halogens is 4. The second-order valence-corrected chi connectivity index (χ2v) is 8.55. The Kier molecular flexibility index (Phi) is 4.85. The molecule has 0 spiro atoms. The summed E-state index contributed by atoms with van der Waals surface area (Å²) in [6.45, 7) is 0. The average Bonchev–Trinajstić information content (AvgIpc) is 3.00. The average molecular weight is 390 g/mol. The largest absolute Gasteiger partial charge is 0.435 e. The lowest BCUT2D eigenvalue weighted by atomic mass is 9.95. The van der Waals surface area contributed by atoms with Crippen molar-refractivity contribution in [1.82, 2.24) is 9.78 Å². The fourth-order valence-electron chi connectivity index (χ4n) is 3.31. The quantitative estimate of drug-likeness (QED) is 0.719. The molecule has 0 amide bonds. The molecule has 9 heteroatoms. The fourth-order valence-corrected chi connectivity index (χ4v) is 4.04. The number of hydrogen-bond donors (Lipinski definition) is 0.